The van der Waals surface area contributed by atoms with Crippen LogP contribution in [0.3, 0.4) is 0 Å². The summed E-state index contributed by atoms with van der Waals surface area (Å²) in [6.45, 7) is 6.43. The third-order valence-electron chi connectivity index (χ3n) is 4.09. The van der Waals surface area contributed by atoms with Gasteiger partial charge in [0, 0.05) is 22.3 Å². The third kappa shape index (κ3) is 6.01. The number of allylic oxidation sites excluding steroid dienone is 1. The summed E-state index contributed by atoms with van der Waals surface area (Å²) in [5.41, 5.74) is 1.63. The fourth-order valence-electron chi connectivity index (χ4n) is 2.57. The standard InChI is InChI=1S/C21H20Cl2N4O2S/c1-3-10-27-19(12-29-17-8-6-15(22)7-9-17)25-26-21(27)30-13-20(28)24-18-11-16(23)5-4-14(18)2/h3-9,11H,1,10,12-13H2,2H3,(H,24,28). The summed E-state index contributed by atoms with van der Waals surface area (Å²) in [6.07, 6.45) is 1.74. The molecular formula is C21H20Cl2N4O2S. The molecule has 30 heavy (non-hydrogen) atoms. The molecule has 0 saturated heterocycles. The minimum absolute atomic E-state index is 0.155. The summed E-state index contributed by atoms with van der Waals surface area (Å²) in [5, 5.41) is 13.1. The van der Waals surface area contributed by atoms with Gasteiger partial charge in [-0.25, -0.2) is 0 Å². The lowest BCUT2D eigenvalue weighted by atomic mass is 10.2. The van der Waals surface area contributed by atoms with Crippen LogP contribution in [0.4, 0.5) is 5.69 Å². The van der Waals surface area contributed by atoms with E-state index < -0.39 is 0 Å². The summed E-state index contributed by atoms with van der Waals surface area (Å²) in [5.74, 6) is 1.34. The van der Waals surface area contributed by atoms with Crippen molar-refractivity contribution in [1.82, 2.24) is 14.8 Å². The fraction of sp³-hybridized carbons (Fsp3) is 0.190. The molecule has 1 heterocycles. The van der Waals surface area contributed by atoms with Crippen molar-refractivity contribution in [2.75, 3.05) is 11.1 Å². The van der Waals surface area contributed by atoms with Crippen LogP contribution in [0.25, 0.3) is 0 Å². The number of hydrogen-bond donors (Lipinski definition) is 1. The molecule has 0 aliphatic heterocycles. The molecule has 0 aliphatic rings. The van der Waals surface area contributed by atoms with E-state index >= 15 is 0 Å². The highest BCUT2D eigenvalue weighted by Gasteiger charge is 2.15. The van der Waals surface area contributed by atoms with Crippen molar-refractivity contribution in [3.8, 4) is 5.75 Å². The van der Waals surface area contributed by atoms with Crippen LogP contribution >= 0.6 is 35.0 Å². The number of rotatable bonds is 9. The van der Waals surface area contributed by atoms with E-state index in [-0.39, 0.29) is 18.3 Å². The number of halogens is 2. The molecule has 0 bridgehead atoms. The maximum Gasteiger partial charge on any atom is 0.234 e. The molecule has 1 N–H and O–H groups in total. The maximum atomic E-state index is 12.4. The monoisotopic (exact) mass is 462 g/mol. The van der Waals surface area contributed by atoms with Gasteiger partial charge in [0.15, 0.2) is 11.0 Å². The van der Waals surface area contributed by atoms with Gasteiger partial charge in [0.05, 0.1) is 5.75 Å². The van der Waals surface area contributed by atoms with Crippen LogP contribution in [-0.2, 0) is 17.9 Å². The van der Waals surface area contributed by atoms with E-state index in [0.717, 1.165) is 5.56 Å². The molecule has 0 atom stereocenters. The van der Waals surface area contributed by atoms with E-state index in [1.165, 1.54) is 11.8 Å². The van der Waals surface area contributed by atoms with Gasteiger partial charge < -0.3 is 10.1 Å². The summed E-state index contributed by atoms with van der Waals surface area (Å²) in [7, 11) is 0. The molecule has 0 fully saturated rings. The number of ether oxygens (including phenoxy) is 1. The minimum atomic E-state index is -0.155. The molecular weight excluding hydrogens is 443 g/mol. The van der Waals surface area contributed by atoms with Crippen molar-refractivity contribution >= 4 is 46.6 Å². The Labute approximate surface area is 189 Å². The fourth-order valence-corrected chi connectivity index (χ4v) is 3.63. The Morgan fingerprint density at radius 2 is 1.93 bits per heavy atom. The molecule has 2 aromatic carbocycles. The Morgan fingerprint density at radius 1 is 1.20 bits per heavy atom. The number of aryl methyl sites for hydroxylation is 1. The number of anilines is 1. The molecule has 1 amide bonds. The van der Waals surface area contributed by atoms with Gasteiger partial charge >= 0.3 is 0 Å². The minimum Gasteiger partial charge on any atom is -0.486 e. The second-order valence-electron chi connectivity index (χ2n) is 6.34. The van der Waals surface area contributed by atoms with Crippen molar-refractivity contribution < 1.29 is 9.53 Å². The summed E-state index contributed by atoms with van der Waals surface area (Å²) in [6, 6.07) is 12.5. The predicted octanol–water partition coefficient (Wildman–Crippen LogP) is 5.39. The Morgan fingerprint density at radius 3 is 2.67 bits per heavy atom. The number of benzene rings is 2. The van der Waals surface area contributed by atoms with Crippen LogP contribution in [0.5, 0.6) is 5.75 Å². The van der Waals surface area contributed by atoms with Crippen molar-refractivity contribution in [1.29, 1.82) is 0 Å². The van der Waals surface area contributed by atoms with Gasteiger partial charge in [-0.1, -0.05) is 47.1 Å². The number of aromatic nitrogens is 3. The molecule has 0 saturated carbocycles. The Balaban J connectivity index is 1.62. The number of carbonyl (C=O) groups excluding carboxylic acids is 1. The Bertz CT molecular complexity index is 1040. The van der Waals surface area contributed by atoms with Gasteiger partial charge in [0.2, 0.25) is 5.91 Å². The maximum absolute atomic E-state index is 12.4. The van der Waals surface area contributed by atoms with Gasteiger partial charge in [-0.3, -0.25) is 9.36 Å². The number of nitrogens with one attached hydrogen (secondary N) is 1. The zero-order valence-electron chi connectivity index (χ0n) is 16.3. The Kier molecular flexibility index (Phi) is 7.79. The van der Waals surface area contributed by atoms with Gasteiger partial charge in [0.1, 0.15) is 12.4 Å². The van der Waals surface area contributed by atoms with E-state index in [4.69, 9.17) is 27.9 Å². The summed E-state index contributed by atoms with van der Waals surface area (Å²) < 4.78 is 7.63. The number of carbonyl (C=O) groups is 1. The zero-order valence-corrected chi connectivity index (χ0v) is 18.6. The van der Waals surface area contributed by atoms with Crippen molar-refractivity contribution in [3.63, 3.8) is 0 Å². The topological polar surface area (TPSA) is 69.0 Å². The highest BCUT2D eigenvalue weighted by Crippen LogP contribution is 2.23. The molecule has 0 aliphatic carbocycles. The summed E-state index contributed by atoms with van der Waals surface area (Å²) >= 11 is 13.2. The smallest absolute Gasteiger partial charge is 0.234 e. The van der Waals surface area contributed by atoms with Crippen LogP contribution in [-0.4, -0.2) is 26.4 Å². The van der Waals surface area contributed by atoms with Gasteiger partial charge in [-0.05, 0) is 48.9 Å². The molecule has 9 heteroatoms. The average molecular weight is 463 g/mol. The molecule has 0 radical (unpaired) electrons. The first-order valence-corrected chi connectivity index (χ1v) is 10.8. The zero-order chi connectivity index (χ0) is 21.5. The second kappa shape index (κ2) is 10.5. The first kappa shape index (κ1) is 22.2. The van der Waals surface area contributed by atoms with Gasteiger partial charge in [-0.15, -0.1) is 16.8 Å². The van der Waals surface area contributed by atoms with Gasteiger partial charge in [-0.2, -0.15) is 0 Å². The van der Waals surface area contributed by atoms with E-state index in [9.17, 15) is 4.79 Å². The summed E-state index contributed by atoms with van der Waals surface area (Å²) in [4.78, 5) is 12.4. The predicted molar refractivity (Wildman–Crippen MR) is 122 cm³/mol. The largest absolute Gasteiger partial charge is 0.486 e. The lowest BCUT2D eigenvalue weighted by Gasteiger charge is -2.10. The molecule has 3 aromatic rings. The van der Waals surface area contributed by atoms with Gasteiger partial charge in [0.25, 0.3) is 0 Å². The van der Waals surface area contributed by atoms with Crippen LogP contribution in [0, 0.1) is 6.92 Å². The van der Waals surface area contributed by atoms with Crippen molar-refractivity contribution in [2.45, 2.75) is 25.2 Å². The molecule has 0 spiro atoms. The SMILES string of the molecule is C=CCn1c(COc2ccc(Cl)cc2)nnc1SCC(=O)Nc1cc(Cl)ccc1C. The van der Waals surface area contributed by atoms with E-state index in [1.54, 1.807) is 42.5 Å². The van der Waals surface area contributed by atoms with E-state index in [0.29, 0.717) is 39.0 Å². The first-order chi connectivity index (χ1) is 14.5. The van der Waals surface area contributed by atoms with Crippen LogP contribution in [0.15, 0.2) is 60.3 Å². The number of amides is 1. The first-order valence-electron chi connectivity index (χ1n) is 9.06. The van der Waals surface area contributed by atoms with Crippen LogP contribution in [0.2, 0.25) is 10.0 Å². The molecule has 1 aromatic heterocycles. The van der Waals surface area contributed by atoms with Crippen LogP contribution < -0.4 is 10.1 Å². The number of hydrogen-bond acceptors (Lipinski definition) is 5. The second-order valence-corrected chi connectivity index (χ2v) is 8.15. The number of thioether (sulfide) groups is 1. The molecule has 0 unspecified atom stereocenters. The number of nitrogens with zero attached hydrogens (tertiary/aromatic N) is 3. The third-order valence-corrected chi connectivity index (χ3v) is 5.55. The quantitative estimate of drug-likeness (QED) is 0.341. The average Bonchev–Trinajstić information content (AvgIpc) is 3.11. The lowest BCUT2D eigenvalue weighted by molar-refractivity contribution is -0.113. The van der Waals surface area contributed by atoms with Crippen LogP contribution in [0.1, 0.15) is 11.4 Å². The highest BCUT2D eigenvalue weighted by atomic mass is 35.5. The van der Waals surface area contributed by atoms with E-state index in [2.05, 4.69) is 22.1 Å². The molecule has 6 nitrogen and oxygen atoms in total. The normalized spacial score (nSPS) is 10.6. The van der Waals surface area contributed by atoms with Crippen molar-refractivity contribution in [2.24, 2.45) is 0 Å². The van der Waals surface area contributed by atoms with Crippen molar-refractivity contribution in [3.05, 3.63) is 76.6 Å². The highest BCUT2D eigenvalue weighted by molar-refractivity contribution is 7.99. The van der Waals surface area contributed by atoms with E-state index in [1.807, 2.05) is 17.6 Å². The lowest BCUT2D eigenvalue weighted by Crippen LogP contribution is -2.15. The molecule has 156 valence electrons. The Hall–Kier alpha value is -2.48. The molecule has 3 rings (SSSR count).